The number of hydrogen-bond donors (Lipinski definition) is 1. The van der Waals surface area contributed by atoms with Crippen LogP contribution in [-0.4, -0.2) is 10.2 Å². The van der Waals surface area contributed by atoms with Gasteiger partial charge in [-0.3, -0.25) is 0 Å². The average molecular weight is 237 g/mol. The van der Waals surface area contributed by atoms with Crippen molar-refractivity contribution in [3.8, 4) is 0 Å². The number of hydrogen-bond acceptors (Lipinski definition) is 4. The lowest BCUT2D eigenvalue weighted by molar-refractivity contribution is 0.480. The molecule has 2 aliphatic carbocycles. The van der Waals surface area contributed by atoms with Gasteiger partial charge in [-0.25, -0.2) is 0 Å². The lowest BCUT2D eigenvalue weighted by Crippen LogP contribution is -2.07. The molecule has 3 unspecified atom stereocenters. The van der Waals surface area contributed by atoms with Gasteiger partial charge in [0.25, 0.3) is 0 Å². The third kappa shape index (κ3) is 1.68. The van der Waals surface area contributed by atoms with Crippen molar-refractivity contribution >= 4 is 11.3 Å². The Balaban J connectivity index is 1.74. The maximum absolute atomic E-state index is 5.98. The molecule has 1 heterocycles. The highest BCUT2D eigenvalue weighted by molar-refractivity contribution is 7.11. The summed E-state index contributed by atoms with van der Waals surface area (Å²) in [6.07, 6.45) is 6.59. The van der Waals surface area contributed by atoms with Gasteiger partial charge in [-0.05, 0) is 31.1 Å². The molecule has 0 bridgehead atoms. The van der Waals surface area contributed by atoms with Crippen LogP contribution in [0.15, 0.2) is 0 Å². The SMILES string of the molecule is CCC(N)c1nnc(C2C3CCCCC32)s1. The Labute approximate surface area is 100 Å². The number of aromatic nitrogens is 2. The fourth-order valence-corrected chi connectivity index (χ4v) is 4.25. The molecule has 0 aromatic carbocycles. The van der Waals surface area contributed by atoms with Crippen molar-refractivity contribution < 1.29 is 0 Å². The molecule has 0 radical (unpaired) electrons. The van der Waals surface area contributed by atoms with E-state index in [1.165, 1.54) is 30.7 Å². The number of nitrogens with zero attached hydrogens (tertiary/aromatic N) is 2. The zero-order chi connectivity index (χ0) is 11.1. The first-order valence-corrected chi connectivity index (χ1v) is 7.21. The fourth-order valence-electron chi connectivity index (χ4n) is 3.06. The Morgan fingerprint density at radius 2 is 2.00 bits per heavy atom. The molecule has 0 aliphatic heterocycles. The Hall–Kier alpha value is -0.480. The van der Waals surface area contributed by atoms with E-state index in [-0.39, 0.29) is 6.04 Å². The number of fused-ring (bicyclic) bond motifs is 1. The van der Waals surface area contributed by atoms with Crippen LogP contribution in [-0.2, 0) is 0 Å². The molecular weight excluding hydrogens is 218 g/mol. The van der Waals surface area contributed by atoms with Crippen LogP contribution in [0.3, 0.4) is 0 Å². The molecule has 16 heavy (non-hydrogen) atoms. The van der Waals surface area contributed by atoms with E-state index >= 15 is 0 Å². The number of nitrogens with two attached hydrogens (primary N) is 1. The summed E-state index contributed by atoms with van der Waals surface area (Å²) in [5.74, 6) is 2.58. The summed E-state index contributed by atoms with van der Waals surface area (Å²) >= 11 is 1.75. The smallest absolute Gasteiger partial charge is 0.134 e. The Morgan fingerprint density at radius 1 is 1.31 bits per heavy atom. The molecule has 2 aliphatic rings. The summed E-state index contributed by atoms with van der Waals surface area (Å²) in [6.45, 7) is 2.10. The van der Waals surface area contributed by atoms with Crippen molar-refractivity contribution in [1.82, 2.24) is 10.2 Å². The van der Waals surface area contributed by atoms with Crippen molar-refractivity contribution in [3.05, 3.63) is 10.0 Å². The van der Waals surface area contributed by atoms with Gasteiger partial charge in [-0.15, -0.1) is 10.2 Å². The van der Waals surface area contributed by atoms with Gasteiger partial charge >= 0.3 is 0 Å². The van der Waals surface area contributed by atoms with Gasteiger partial charge in [0.15, 0.2) is 0 Å². The molecule has 2 fully saturated rings. The summed E-state index contributed by atoms with van der Waals surface area (Å²) in [7, 11) is 0. The summed E-state index contributed by atoms with van der Waals surface area (Å²) in [6, 6.07) is 0.0898. The first-order valence-electron chi connectivity index (χ1n) is 6.40. The van der Waals surface area contributed by atoms with Crippen LogP contribution in [0.25, 0.3) is 0 Å². The van der Waals surface area contributed by atoms with Gasteiger partial charge in [0.2, 0.25) is 0 Å². The summed E-state index contributed by atoms with van der Waals surface area (Å²) < 4.78 is 0. The number of rotatable bonds is 3. The van der Waals surface area contributed by atoms with Gasteiger partial charge in [0.1, 0.15) is 10.0 Å². The second-order valence-electron chi connectivity index (χ2n) is 5.13. The third-order valence-electron chi connectivity index (χ3n) is 4.15. The van der Waals surface area contributed by atoms with E-state index < -0.39 is 0 Å². The molecule has 2 saturated carbocycles. The summed E-state index contributed by atoms with van der Waals surface area (Å²) in [5.41, 5.74) is 5.98. The van der Waals surface area contributed by atoms with Gasteiger partial charge in [0.05, 0.1) is 6.04 Å². The van der Waals surface area contributed by atoms with E-state index in [1.54, 1.807) is 11.3 Å². The van der Waals surface area contributed by atoms with Crippen molar-refractivity contribution in [3.63, 3.8) is 0 Å². The first-order chi connectivity index (χ1) is 7.81. The van der Waals surface area contributed by atoms with Crippen molar-refractivity contribution in [1.29, 1.82) is 0 Å². The first kappa shape index (κ1) is 10.7. The molecule has 3 atom stereocenters. The molecule has 88 valence electrons. The molecule has 0 saturated heterocycles. The van der Waals surface area contributed by atoms with Crippen LogP contribution in [0.2, 0.25) is 0 Å². The van der Waals surface area contributed by atoms with Crippen LogP contribution < -0.4 is 5.73 Å². The summed E-state index contributed by atoms with van der Waals surface area (Å²) in [5, 5.41) is 10.9. The van der Waals surface area contributed by atoms with Gasteiger partial charge in [0, 0.05) is 5.92 Å². The maximum Gasteiger partial charge on any atom is 0.134 e. The monoisotopic (exact) mass is 237 g/mol. The van der Waals surface area contributed by atoms with Crippen molar-refractivity contribution in [2.45, 2.75) is 51.0 Å². The molecule has 1 aromatic heterocycles. The summed E-state index contributed by atoms with van der Waals surface area (Å²) in [4.78, 5) is 0. The molecule has 0 amide bonds. The fraction of sp³-hybridized carbons (Fsp3) is 0.833. The van der Waals surface area contributed by atoms with E-state index in [2.05, 4.69) is 17.1 Å². The zero-order valence-electron chi connectivity index (χ0n) is 9.72. The predicted molar refractivity (Wildman–Crippen MR) is 65.3 cm³/mol. The average Bonchev–Trinajstić information content (AvgIpc) is 2.86. The zero-order valence-corrected chi connectivity index (χ0v) is 10.5. The molecule has 4 heteroatoms. The normalized spacial score (nSPS) is 34.5. The van der Waals surface area contributed by atoms with E-state index in [0.717, 1.165) is 29.2 Å². The highest BCUT2D eigenvalue weighted by atomic mass is 32.1. The minimum Gasteiger partial charge on any atom is -0.322 e. The molecular formula is C12H19N3S. The minimum atomic E-state index is 0.0898. The molecule has 1 aromatic rings. The van der Waals surface area contributed by atoms with Crippen LogP contribution in [0, 0.1) is 11.8 Å². The third-order valence-corrected chi connectivity index (χ3v) is 5.31. The van der Waals surface area contributed by atoms with Gasteiger partial charge < -0.3 is 5.73 Å². The van der Waals surface area contributed by atoms with E-state index in [1.807, 2.05) is 0 Å². The standard InChI is InChI=1S/C12H19N3S/c1-2-9(13)11-14-15-12(16-11)10-7-5-3-4-6-8(7)10/h7-10H,2-6,13H2,1H3. The van der Waals surface area contributed by atoms with E-state index in [0.29, 0.717) is 0 Å². The quantitative estimate of drug-likeness (QED) is 0.879. The Morgan fingerprint density at radius 3 is 2.62 bits per heavy atom. The largest absolute Gasteiger partial charge is 0.322 e. The minimum absolute atomic E-state index is 0.0898. The second kappa shape index (κ2) is 4.08. The van der Waals surface area contributed by atoms with E-state index in [9.17, 15) is 0 Å². The van der Waals surface area contributed by atoms with E-state index in [4.69, 9.17) is 5.73 Å². The Bertz CT molecular complexity index is 364. The second-order valence-corrected chi connectivity index (χ2v) is 6.17. The molecule has 3 nitrogen and oxygen atoms in total. The lowest BCUT2D eigenvalue weighted by atomic mass is 10.0. The van der Waals surface area contributed by atoms with Crippen LogP contribution >= 0.6 is 11.3 Å². The lowest BCUT2D eigenvalue weighted by Gasteiger charge is -2.04. The van der Waals surface area contributed by atoms with Crippen LogP contribution in [0.1, 0.15) is 61.0 Å². The molecule has 2 N–H and O–H groups in total. The van der Waals surface area contributed by atoms with Crippen molar-refractivity contribution in [2.75, 3.05) is 0 Å². The highest BCUT2D eigenvalue weighted by Gasteiger charge is 2.53. The molecule has 0 spiro atoms. The molecule has 3 rings (SSSR count). The van der Waals surface area contributed by atoms with Crippen molar-refractivity contribution in [2.24, 2.45) is 17.6 Å². The maximum atomic E-state index is 5.98. The Kier molecular flexibility index (Phi) is 2.72. The van der Waals surface area contributed by atoms with Gasteiger partial charge in [-0.2, -0.15) is 0 Å². The van der Waals surface area contributed by atoms with Gasteiger partial charge in [-0.1, -0.05) is 31.1 Å². The topological polar surface area (TPSA) is 51.8 Å². The van der Waals surface area contributed by atoms with Crippen LogP contribution in [0.5, 0.6) is 0 Å². The highest BCUT2D eigenvalue weighted by Crippen LogP contribution is 2.61. The predicted octanol–water partition coefficient (Wildman–Crippen LogP) is 2.85. The van der Waals surface area contributed by atoms with Crippen LogP contribution in [0.4, 0.5) is 0 Å².